The molecule has 1 fully saturated rings. The Morgan fingerprint density at radius 3 is 2.29 bits per heavy atom. The number of rotatable bonds is 8. The molecule has 1 saturated heterocycles. The maximum Gasteiger partial charge on any atom is 0.409 e. The molecular weight excluding hydrogens is 362 g/mol. The maximum absolute atomic E-state index is 12.1. The van der Waals surface area contributed by atoms with Crippen molar-refractivity contribution in [2.75, 3.05) is 38.2 Å². The zero-order chi connectivity index (χ0) is 20.4. The molecule has 0 aromatic heterocycles. The van der Waals surface area contributed by atoms with E-state index in [2.05, 4.69) is 10.6 Å². The van der Waals surface area contributed by atoms with Gasteiger partial charge in [0.05, 0.1) is 18.8 Å². The molecule has 1 heterocycles. The Bertz CT molecular complexity index is 654. The number of piperidine rings is 1. The van der Waals surface area contributed by atoms with Crippen molar-refractivity contribution in [2.45, 2.75) is 39.2 Å². The zero-order valence-corrected chi connectivity index (χ0v) is 16.5. The van der Waals surface area contributed by atoms with Gasteiger partial charge in [0, 0.05) is 37.8 Å². The van der Waals surface area contributed by atoms with Crippen LogP contribution in [0.3, 0.4) is 0 Å². The molecule has 0 atom stereocenters. The summed E-state index contributed by atoms with van der Waals surface area (Å²) < 4.78 is 9.93. The van der Waals surface area contributed by atoms with E-state index in [-0.39, 0.29) is 24.0 Å². The van der Waals surface area contributed by atoms with Gasteiger partial charge in [0.15, 0.2) is 0 Å². The highest BCUT2D eigenvalue weighted by Crippen LogP contribution is 2.13. The maximum atomic E-state index is 12.1. The Labute approximate surface area is 165 Å². The van der Waals surface area contributed by atoms with Crippen molar-refractivity contribution in [3.63, 3.8) is 0 Å². The van der Waals surface area contributed by atoms with Gasteiger partial charge in [-0.3, -0.25) is 4.79 Å². The number of hydrogen-bond acceptors (Lipinski definition) is 6. The molecule has 8 nitrogen and oxygen atoms in total. The third-order valence-electron chi connectivity index (χ3n) is 4.46. The van der Waals surface area contributed by atoms with Gasteiger partial charge in [-0.1, -0.05) is 0 Å². The summed E-state index contributed by atoms with van der Waals surface area (Å²) in [6.45, 7) is 5.94. The van der Waals surface area contributed by atoms with Crippen LogP contribution < -0.4 is 10.6 Å². The first kappa shape index (κ1) is 21.5. The number of anilines is 1. The first-order valence-corrected chi connectivity index (χ1v) is 9.75. The summed E-state index contributed by atoms with van der Waals surface area (Å²) in [7, 11) is 0. The molecule has 154 valence electrons. The Balaban J connectivity index is 1.65. The number of amides is 2. The lowest BCUT2D eigenvalue weighted by molar-refractivity contribution is -0.121. The second-order valence-corrected chi connectivity index (χ2v) is 6.50. The quantitative estimate of drug-likeness (QED) is 0.661. The lowest BCUT2D eigenvalue weighted by Crippen LogP contribution is -2.46. The number of esters is 1. The monoisotopic (exact) mass is 391 g/mol. The number of ether oxygens (including phenoxy) is 2. The Morgan fingerprint density at radius 1 is 1.04 bits per heavy atom. The van der Waals surface area contributed by atoms with Gasteiger partial charge in [-0.15, -0.1) is 0 Å². The second kappa shape index (κ2) is 11.2. The van der Waals surface area contributed by atoms with E-state index in [1.807, 2.05) is 0 Å². The van der Waals surface area contributed by atoms with Gasteiger partial charge in [-0.05, 0) is 51.0 Å². The summed E-state index contributed by atoms with van der Waals surface area (Å²) in [4.78, 5) is 37.1. The van der Waals surface area contributed by atoms with Gasteiger partial charge < -0.3 is 25.0 Å². The minimum atomic E-state index is -0.345. The van der Waals surface area contributed by atoms with Crippen LogP contribution in [0, 0.1) is 0 Å². The topological polar surface area (TPSA) is 97.0 Å². The summed E-state index contributed by atoms with van der Waals surface area (Å²) in [5, 5.41) is 6.18. The summed E-state index contributed by atoms with van der Waals surface area (Å²) in [5.41, 5.74) is 1.34. The van der Waals surface area contributed by atoms with Gasteiger partial charge in [-0.2, -0.15) is 0 Å². The van der Waals surface area contributed by atoms with Gasteiger partial charge >= 0.3 is 12.1 Å². The van der Waals surface area contributed by atoms with Crippen LogP contribution in [0.25, 0.3) is 0 Å². The lowest BCUT2D eigenvalue weighted by atomic mass is 10.1. The molecule has 0 spiro atoms. The van der Waals surface area contributed by atoms with Crippen LogP contribution in [-0.2, 0) is 14.3 Å². The number of benzene rings is 1. The summed E-state index contributed by atoms with van der Waals surface area (Å²) >= 11 is 0. The predicted octanol–water partition coefficient (Wildman–Crippen LogP) is 2.40. The van der Waals surface area contributed by atoms with Crippen LogP contribution >= 0.6 is 0 Å². The number of hydrogen-bond donors (Lipinski definition) is 2. The van der Waals surface area contributed by atoms with Crippen LogP contribution in [0.5, 0.6) is 0 Å². The minimum Gasteiger partial charge on any atom is -0.462 e. The van der Waals surface area contributed by atoms with E-state index in [4.69, 9.17) is 9.47 Å². The van der Waals surface area contributed by atoms with E-state index in [0.717, 1.165) is 18.5 Å². The molecule has 1 aliphatic rings. The number of nitrogens with one attached hydrogen (secondary N) is 2. The lowest BCUT2D eigenvalue weighted by Gasteiger charge is -2.31. The highest BCUT2D eigenvalue weighted by molar-refractivity contribution is 5.89. The van der Waals surface area contributed by atoms with E-state index >= 15 is 0 Å². The molecule has 0 unspecified atom stereocenters. The molecule has 1 aliphatic heterocycles. The van der Waals surface area contributed by atoms with Crippen LogP contribution in [0.1, 0.15) is 43.5 Å². The first-order valence-electron chi connectivity index (χ1n) is 9.75. The van der Waals surface area contributed by atoms with Crippen LogP contribution in [0.2, 0.25) is 0 Å². The summed E-state index contributed by atoms with van der Waals surface area (Å²) in [6, 6.07) is 7.04. The van der Waals surface area contributed by atoms with Gasteiger partial charge in [0.25, 0.3) is 0 Å². The fourth-order valence-electron chi connectivity index (χ4n) is 2.98. The molecule has 2 amide bonds. The van der Waals surface area contributed by atoms with Gasteiger partial charge in [0.1, 0.15) is 0 Å². The molecule has 1 aromatic rings. The SMILES string of the molecule is CCOC(=O)c1ccc(NCCC(=O)NC2CCN(C(=O)OCC)CC2)cc1. The van der Waals surface area contributed by atoms with Crippen LogP contribution in [0.15, 0.2) is 24.3 Å². The molecule has 28 heavy (non-hydrogen) atoms. The average molecular weight is 391 g/mol. The fraction of sp³-hybridized carbons (Fsp3) is 0.550. The molecule has 2 N–H and O–H groups in total. The molecular formula is C20H29N3O5. The Morgan fingerprint density at radius 2 is 1.68 bits per heavy atom. The number of nitrogens with zero attached hydrogens (tertiary/aromatic N) is 1. The molecule has 0 saturated carbocycles. The van der Waals surface area contributed by atoms with Gasteiger partial charge in [-0.25, -0.2) is 9.59 Å². The van der Waals surface area contributed by atoms with Crippen molar-refractivity contribution in [2.24, 2.45) is 0 Å². The van der Waals surface area contributed by atoms with Crippen molar-refractivity contribution in [3.05, 3.63) is 29.8 Å². The molecule has 0 aliphatic carbocycles. The van der Waals surface area contributed by atoms with Crippen LogP contribution in [-0.4, -0.2) is 61.8 Å². The van der Waals surface area contributed by atoms with Crippen molar-refractivity contribution in [1.82, 2.24) is 10.2 Å². The average Bonchev–Trinajstić information content (AvgIpc) is 2.69. The van der Waals surface area contributed by atoms with E-state index in [9.17, 15) is 14.4 Å². The smallest absolute Gasteiger partial charge is 0.409 e. The molecule has 0 bridgehead atoms. The normalized spacial score (nSPS) is 14.3. The molecule has 0 radical (unpaired) electrons. The number of carbonyl (C=O) groups is 3. The van der Waals surface area contributed by atoms with E-state index < -0.39 is 0 Å². The van der Waals surface area contributed by atoms with Crippen molar-refractivity contribution < 1.29 is 23.9 Å². The van der Waals surface area contributed by atoms with E-state index in [1.54, 1.807) is 43.0 Å². The second-order valence-electron chi connectivity index (χ2n) is 6.50. The third kappa shape index (κ3) is 6.75. The largest absolute Gasteiger partial charge is 0.462 e. The predicted molar refractivity (Wildman–Crippen MR) is 105 cm³/mol. The van der Waals surface area contributed by atoms with E-state index in [0.29, 0.717) is 44.8 Å². The van der Waals surface area contributed by atoms with Crippen molar-refractivity contribution >= 4 is 23.7 Å². The van der Waals surface area contributed by atoms with E-state index in [1.165, 1.54) is 0 Å². The summed E-state index contributed by atoms with van der Waals surface area (Å²) in [5.74, 6) is -0.368. The van der Waals surface area contributed by atoms with Gasteiger partial charge in [0.2, 0.25) is 5.91 Å². The standard InChI is InChI=1S/C20H29N3O5/c1-3-27-19(25)15-5-7-16(8-6-15)21-12-9-18(24)22-17-10-13-23(14-11-17)20(26)28-4-2/h5-8,17,21H,3-4,9-14H2,1-2H3,(H,22,24). The van der Waals surface area contributed by atoms with Crippen molar-refractivity contribution in [3.8, 4) is 0 Å². The minimum absolute atomic E-state index is 0.0229. The Kier molecular flexibility index (Phi) is 8.58. The molecule has 8 heteroatoms. The molecule has 1 aromatic carbocycles. The number of carbonyl (C=O) groups excluding carboxylic acids is 3. The van der Waals surface area contributed by atoms with Crippen molar-refractivity contribution in [1.29, 1.82) is 0 Å². The third-order valence-corrected chi connectivity index (χ3v) is 4.46. The highest BCUT2D eigenvalue weighted by atomic mass is 16.6. The highest BCUT2D eigenvalue weighted by Gasteiger charge is 2.24. The first-order chi connectivity index (χ1) is 13.5. The molecule has 2 rings (SSSR count). The number of likely N-dealkylation sites (tertiary alicyclic amines) is 1. The Hall–Kier alpha value is -2.77. The summed E-state index contributed by atoms with van der Waals surface area (Å²) in [6.07, 6.45) is 1.52. The fourth-order valence-corrected chi connectivity index (χ4v) is 2.98. The zero-order valence-electron chi connectivity index (χ0n) is 16.5. The van der Waals surface area contributed by atoms with Crippen LogP contribution in [0.4, 0.5) is 10.5 Å².